The van der Waals surface area contributed by atoms with E-state index in [0.717, 1.165) is 13.5 Å². The van der Waals surface area contributed by atoms with Gasteiger partial charge >= 0.3 is 0 Å². The maximum Gasteiger partial charge on any atom is 0.257 e. The number of anilines is 1. The van der Waals surface area contributed by atoms with Gasteiger partial charge in [-0.05, 0) is 64.6 Å². The van der Waals surface area contributed by atoms with Crippen molar-refractivity contribution in [1.82, 2.24) is 10.2 Å². The molecule has 8 heteroatoms. The Balaban J connectivity index is 1.58. The van der Waals surface area contributed by atoms with Gasteiger partial charge in [0.2, 0.25) is 5.13 Å². The largest absolute Gasteiger partial charge is 0.296 e. The maximum absolute atomic E-state index is 12.9. The summed E-state index contributed by atoms with van der Waals surface area (Å²) in [6, 6.07) is 13.6. The van der Waals surface area contributed by atoms with Gasteiger partial charge in [-0.3, -0.25) is 10.1 Å². The Labute approximate surface area is 160 Å². The molecule has 1 aromatic heterocycles. The van der Waals surface area contributed by atoms with Crippen molar-refractivity contribution in [3.8, 4) is 0 Å². The van der Waals surface area contributed by atoms with Crippen molar-refractivity contribution in [1.29, 1.82) is 0 Å². The van der Waals surface area contributed by atoms with E-state index < -0.39 is 0 Å². The lowest BCUT2D eigenvalue weighted by Crippen LogP contribution is -2.11. The Bertz CT molecular complexity index is 837. The number of thioether (sulfide) groups is 1. The molecule has 4 nitrogen and oxygen atoms in total. The molecule has 0 bridgehead atoms. The molecular weight excluding hydrogens is 460 g/mol. The number of aromatic nitrogens is 2. The van der Waals surface area contributed by atoms with Gasteiger partial charge in [0.15, 0.2) is 4.34 Å². The average molecular weight is 471 g/mol. The minimum absolute atomic E-state index is 0.211. The molecule has 2 aromatic carbocycles. The van der Waals surface area contributed by atoms with Crippen molar-refractivity contribution in [3.63, 3.8) is 0 Å². The van der Waals surface area contributed by atoms with Crippen LogP contribution in [0.4, 0.5) is 9.52 Å². The zero-order valence-electron chi connectivity index (χ0n) is 12.2. The molecule has 0 radical (unpaired) electrons. The number of hydrogen-bond donors (Lipinski definition) is 1. The normalized spacial score (nSPS) is 10.6. The van der Waals surface area contributed by atoms with Crippen molar-refractivity contribution in [2.24, 2.45) is 0 Å². The number of rotatable bonds is 5. The van der Waals surface area contributed by atoms with Gasteiger partial charge in [0.25, 0.3) is 5.91 Å². The van der Waals surface area contributed by atoms with Gasteiger partial charge in [0.1, 0.15) is 5.82 Å². The lowest BCUT2D eigenvalue weighted by molar-refractivity contribution is 0.102. The molecule has 1 heterocycles. The summed E-state index contributed by atoms with van der Waals surface area (Å²) in [4.78, 5) is 12.1. The number of amides is 1. The van der Waals surface area contributed by atoms with Crippen molar-refractivity contribution >= 4 is 56.7 Å². The number of nitrogens with zero attached hydrogens (tertiary/aromatic N) is 2. The van der Waals surface area contributed by atoms with E-state index in [2.05, 4.69) is 38.1 Å². The van der Waals surface area contributed by atoms with E-state index in [1.807, 2.05) is 12.1 Å². The third-order valence-electron chi connectivity index (χ3n) is 3.01. The molecule has 0 saturated carbocycles. The summed E-state index contributed by atoms with van der Waals surface area (Å²) in [5, 5.41) is 11.2. The topological polar surface area (TPSA) is 54.9 Å². The van der Waals surface area contributed by atoms with Crippen LogP contribution in [0.3, 0.4) is 0 Å². The van der Waals surface area contributed by atoms with E-state index in [4.69, 9.17) is 0 Å². The van der Waals surface area contributed by atoms with E-state index in [9.17, 15) is 9.18 Å². The lowest BCUT2D eigenvalue weighted by atomic mass is 10.2. The molecule has 0 unspecified atom stereocenters. The second-order valence-corrected chi connectivity index (χ2v) is 8.19. The summed E-state index contributed by atoms with van der Waals surface area (Å²) in [5.41, 5.74) is 1.58. The number of carbonyl (C=O) groups excluding carboxylic acids is 1. The van der Waals surface area contributed by atoms with Crippen LogP contribution < -0.4 is 5.32 Å². The highest BCUT2D eigenvalue weighted by atomic mass is 127. The van der Waals surface area contributed by atoms with Crippen molar-refractivity contribution in [2.75, 3.05) is 5.32 Å². The molecule has 3 rings (SSSR count). The first-order valence-corrected chi connectivity index (χ1v) is 9.76. The van der Waals surface area contributed by atoms with E-state index in [1.54, 1.807) is 24.3 Å². The zero-order valence-corrected chi connectivity index (χ0v) is 16.0. The predicted molar refractivity (Wildman–Crippen MR) is 103 cm³/mol. The molecule has 0 aliphatic carbocycles. The fraction of sp³-hybridized carbons (Fsp3) is 0.0625. The first-order valence-electron chi connectivity index (χ1n) is 6.88. The zero-order chi connectivity index (χ0) is 16.9. The van der Waals surface area contributed by atoms with Crippen LogP contribution >= 0.6 is 45.7 Å². The molecule has 0 spiro atoms. The monoisotopic (exact) mass is 471 g/mol. The number of nitrogens with one attached hydrogen (secondary N) is 1. The second kappa shape index (κ2) is 8.04. The smallest absolute Gasteiger partial charge is 0.257 e. The molecule has 0 saturated heterocycles. The highest BCUT2D eigenvalue weighted by Crippen LogP contribution is 2.28. The Morgan fingerprint density at radius 3 is 2.54 bits per heavy atom. The molecule has 0 aliphatic heterocycles. The Kier molecular flexibility index (Phi) is 5.80. The summed E-state index contributed by atoms with van der Waals surface area (Å²) in [7, 11) is 0. The summed E-state index contributed by atoms with van der Waals surface area (Å²) in [6.45, 7) is 0. The van der Waals surface area contributed by atoms with E-state index in [1.165, 1.54) is 35.2 Å². The summed E-state index contributed by atoms with van der Waals surface area (Å²) in [5.74, 6) is 0.206. The fourth-order valence-corrected chi connectivity index (χ4v) is 3.88. The minimum atomic E-state index is -0.250. The van der Waals surface area contributed by atoms with Gasteiger partial charge in [0, 0.05) is 14.9 Å². The van der Waals surface area contributed by atoms with Crippen LogP contribution in [0.2, 0.25) is 0 Å². The molecule has 0 atom stereocenters. The van der Waals surface area contributed by atoms with Crippen molar-refractivity contribution in [2.45, 2.75) is 10.1 Å². The van der Waals surface area contributed by atoms with Crippen LogP contribution in [-0.2, 0) is 5.75 Å². The first kappa shape index (κ1) is 17.3. The van der Waals surface area contributed by atoms with Crippen LogP contribution in [0.15, 0.2) is 52.9 Å². The molecule has 0 aliphatic rings. The van der Waals surface area contributed by atoms with Crippen LogP contribution in [0.5, 0.6) is 0 Å². The van der Waals surface area contributed by atoms with Gasteiger partial charge in [-0.1, -0.05) is 35.2 Å². The van der Waals surface area contributed by atoms with E-state index >= 15 is 0 Å². The Morgan fingerprint density at radius 2 is 1.83 bits per heavy atom. The van der Waals surface area contributed by atoms with Gasteiger partial charge in [-0.2, -0.15) is 0 Å². The highest BCUT2D eigenvalue weighted by molar-refractivity contribution is 14.1. The SMILES string of the molecule is O=C(Nc1nnc(SCc2ccc(F)cc2)s1)c1ccc(I)cc1. The fourth-order valence-electron chi connectivity index (χ4n) is 1.81. The van der Waals surface area contributed by atoms with Gasteiger partial charge in [0.05, 0.1) is 0 Å². The van der Waals surface area contributed by atoms with Crippen LogP contribution in [0, 0.1) is 9.39 Å². The number of hydrogen-bond acceptors (Lipinski definition) is 5. The van der Waals surface area contributed by atoms with Gasteiger partial charge < -0.3 is 0 Å². The van der Waals surface area contributed by atoms with Crippen molar-refractivity contribution < 1.29 is 9.18 Å². The minimum Gasteiger partial charge on any atom is -0.296 e. The number of benzene rings is 2. The van der Waals surface area contributed by atoms with Crippen LogP contribution in [-0.4, -0.2) is 16.1 Å². The average Bonchev–Trinajstić information content (AvgIpc) is 3.02. The van der Waals surface area contributed by atoms with Gasteiger partial charge in [-0.15, -0.1) is 10.2 Å². The quantitative estimate of drug-likeness (QED) is 0.329. The molecule has 24 heavy (non-hydrogen) atoms. The molecule has 1 N–H and O–H groups in total. The Morgan fingerprint density at radius 1 is 1.12 bits per heavy atom. The standard InChI is InChI=1S/C16H11FIN3OS2/c17-12-5-1-10(2-6-12)9-23-16-21-20-15(24-16)19-14(22)11-3-7-13(18)8-4-11/h1-8H,9H2,(H,19,20,22). The lowest BCUT2D eigenvalue weighted by Gasteiger charge is -2.00. The summed E-state index contributed by atoms with van der Waals surface area (Å²) in [6.07, 6.45) is 0. The molecule has 1 amide bonds. The maximum atomic E-state index is 12.9. The first-order chi connectivity index (χ1) is 11.6. The third-order valence-corrected chi connectivity index (χ3v) is 5.77. The van der Waals surface area contributed by atoms with Crippen molar-refractivity contribution in [3.05, 3.63) is 69.0 Å². The van der Waals surface area contributed by atoms with E-state index in [0.29, 0.717) is 16.4 Å². The van der Waals surface area contributed by atoms with Crippen LogP contribution in [0.25, 0.3) is 0 Å². The second-order valence-electron chi connectivity index (χ2n) is 4.75. The number of carbonyl (C=O) groups is 1. The predicted octanol–water partition coefficient (Wildman–Crippen LogP) is 4.83. The van der Waals surface area contributed by atoms with Gasteiger partial charge in [-0.25, -0.2) is 4.39 Å². The molecular formula is C16H11FIN3OS2. The summed E-state index contributed by atoms with van der Waals surface area (Å²) < 4.78 is 14.7. The van der Waals surface area contributed by atoms with E-state index in [-0.39, 0.29) is 11.7 Å². The third kappa shape index (κ3) is 4.74. The molecule has 0 fully saturated rings. The summed E-state index contributed by atoms with van der Waals surface area (Å²) >= 11 is 5.00. The Hall–Kier alpha value is -1.52. The number of halogens is 2. The molecule has 3 aromatic rings. The van der Waals surface area contributed by atoms with Crippen LogP contribution in [0.1, 0.15) is 15.9 Å². The molecule has 122 valence electrons. The highest BCUT2D eigenvalue weighted by Gasteiger charge is 2.10.